The maximum atomic E-state index is 9.37. The highest BCUT2D eigenvalue weighted by molar-refractivity contribution is 4.94. The van der Waals surface area contributed by atoms with Crippen LogP contribution in [0.1, 0.15) is 78.1 Å². The van der Waals surface area contributed by atoms with Crippen LogP contribution in [0.4, 0.5) is 0 Å². The fourth-order valence-electron chi connectivity index (χ4n) is 4.78. The molecule has 19 heavy (non-hydrogen) atoms. The van der Waals surface area contributed by atoms with E-state index in [0.29, 0.717) is 11.8 Å². The summed E-state index contributed by atoms with van der Waals surface area (Å²) in [6.45, 7) is 4.54. The monoisotopic (exact) mass is 261 g/mol. The quantitative estimate of drug-likeness (QED) is 0.635. The van der Waals surface area contributed by atoms with Gasteiger partial charge in [0.2, 0.25) is 0 Å². The lowest BCUT2D eigenvalue weighted by Gasteiger charge is -2.43. The molecule has 0 aromatic carbocycles. The number of nitriles is 1. The summed E-state index contributed by atoms with van der Waals surface area (Å²) in [4.78, 5) is 0. The third-order valence-corrected chi connectivity index (χ3v) is 5.79. The average Bonchev–Trinajstić information content (AvgIpc) is 2.44. The van der Waals surface area contributed by atoms with Crippen molar-refractivity contribution in [1.29, 1.82) is 5.26 Å². The molecule has 0 bridgehead atoms. The van der Waals surface area contributed by atoms with Crippen molar-refractivity contribution < 1.29 is 0 Å². The van der Waals surface area contributed by atoms with Gasteiger partial charge in [0.1, 0.15) is 0 Å². The molecule has 2 rings (SSSR count). The van der Waals surface area contributed by atoms with Gasteiger partial charge in [-0.1, -0.05) is 39.5 Å². The number of fused-ring (bicyclic) bond motifs is 1. The highest BCUT2D eigenvalue weighted by Crippen LogP contribution is 2.47. The van der Waals surface area contributed by atoms with E-state index >= 15 is 0 Å². The Labute approximate surface area is 119 Å². The van der Waals surface area contributed by atoms with Crippen molar-refractivity contribution in [3.05, 3.63) is 0 Å². The lowest BCUT2D eigenvalue weighted by molar-refractivity contribution is 0.0805. The van der Waals surface area contributed by atoms with Crippen LogP contribution in [0.15, 0.2) is 0 Å². The molecule has 0 aliphatic heterocycles. The molecule has 0 aromatic rings. The molecular weight excluding hydrogens is 230 g/mol. The topological polar surface area (TPSA) is 23.8 Å². The van der Waals surface area contributed by atoms with Crippen LogP contribution in [0.25, 0.3) is 0 Å². The molecule has 0 radical (unpaired) electrons. The largest absolute Gasteiger partial charge is 0.198 e. The van der Waals surface area contributed by atoms with E-state index in [-0.39, 0.29) is 0 Å². The lowest BCUT2D eigenvalue weighted by atomic mass is 9.62. The van der Waals surface area contributed by atoms with Crippen LogP contribution in [0.5, 0.6) is 0 Å². The zero-order valence-electron chi connectivity index (χ0n) is 12.9. The molecule has 2 saturated carbocycles. The highest BCUT2D eigenvalue weighted by Gasteiger charge is 2.37. The summed E-state index contributed by atoms with van der Waals surface area (Å²) >= 11 is 0. The first kappa shape index (κ1) is 14.9. The molecule has 5 atom stereocenters. The normalized spacial score (nSPS) is 36.3. The second kappa shape index (κ2) is 7.32. The second-order valence-corrected chi connectivity index (χ2v) is 7.09. The number of rotatable bonds is 5. The van der Waals surface area contributed by atoms with E-state index in [1.807, 2.05) is 0 Å². The van der Waals surface area contributed by atoms with Crippen molar-refractivity contribution in [2.45, 2.75) is 78.1 Å². The predicted molar refractivity (Wildman–Crippen MR) is 80.6 cm³/mol. The van der Waals surface area contributed by atoms with Crippen LogP contribution in [-0.2, 0) is 0 Å². The average molecular weight is 261 g/mol. The second-order valence-electron chi connectivity index (χ2n) is 7.09. The minimum Gasteiger partial charge on any atom is -0.198 e. The first-order valence-corrected chi connectivity index (χ1v) is 8.68. The summed E-state index contributed by atoms with van der Waals surface area (Å²) in [6, 6.07) is 2.60. The molecule has 0 saturated heterocycles. The molecule has 0 heterocycles. The summed E-state index contributed by atoms with van der Waals surface area (Å²) in [5.74, 6) is 4.04. The molecule has 1 heteroatoms. The van der Waals surface area contributed by atoms with Crippen LogP contribution in [0, 0.1) is 40.9 Å². The molecule has 1 unspecified atom stereocenters. The van der Waals surface area contributed by atoms with Crippen LogP contribution >= 0.6 is 0 Å². The van der Waals surface area contributed by atoms with E-state index < -0.39 is 0 Å². The van der Waals surface area contributed by atoms with Crippen molar-refractivity contribution in [2.24, 2.45) is 29.6 Å². The molecule has 2 aliphatic rings. The van der Waals surface area contributed by atoms with E-state index in [1.165, 1.54) is 57.8 Å². The summed E-state index contributed by atoms with van der Waals surface area (Å²) in [6.07, 6.45) is 13.6. The maximum absolute atomic E-state index is 9.37. The van der Waals surface area contributed by atoms with Crippen molar-refractivity contribution in [3.63, 3.8) is 0 Å². The van der Waals surface area contributed by atoms with E-state index in [1.54, 1.807) is 0 Å². The number of hydrogen-bond acceptors (Lipinski definition) is 1. The van der Waals surface area contributed by atoms with Gasteiger partial charge in [-0.15, -0.1) is 0 Å². The zero-order chi connectivity index (χ0) is 13.7. The fourth-order valence-corrected chi connectivity index (χ4v) is 4.78. The van der Waals surface area contributed by atoms with Crippen molar-refractivity contribution in [3.8, 4) is 6.07 Å². The Kier molecular flexibility index (Phi) is 5.74. The van der Waals surface area contributed by atoms with E-state index in [9.17, 15) is 5.26 Å². The molecule has 0 amide bonds. The Bertz CT molecular complexity index is 303. The Balaban J connectivity index is 1.86. The van der Waals surface area contributed by atoms with Gasteiger partial charge in [-0.2, -0.15) is 5.26 Å². The zero-order valence-corrected chi connectivity index (χ0v) is 12.9. The van der Waals surface area contributed by atoms with Gasteiger partial charge in [0.25, 0.3) is 0 Å². The highest BCUT2D eigenvalue weighted by atomic mass is 14.4. The van der Waals surface area contributed by atoms with Gasteiger partial charge in [0.05, 0.1) is 6.07 Å². The predicted octanol–water partition coefficient (Wildman–Crippen LogP) is 5.56. The van der Waals surface area contributed by atoms with E-state index in [4.69, 9.17) is 0 Å². The molecular formula is C18H31N. The molecule has 0 N–H and O–H groups in total. The third-order valence-electron chi connectivity index (χ3n) is 5.79. The van der Waals surface area contributed by atoms with Crippen molar-refractivity contribution >= 4 is 0 Å². The van der Waals surface area contributed by atoms with Gasteiger partial charge in [-0.05, 0) is 62.2 Å². The smallest absolute Gasteiger partial charge is 0.0658 e. The molecule has 0 spiro atoms. The summed E-state index contributed by atoms with van der Waals surface area (Å²) in [5, 5.41) is 9.37. The SMILES string of the molecule is CCCC(C#N)[C@@H]1CC[C@H]2C[C@@H](CCC)CC[C@H]2C1. The number of nitrogens with zero attached hydrogens (tertiary/aromatic N) is 1. The minimum absolute atomic E-state index is 0.347. The minimum atomic E-state index is 0.347. The van der Waals surface area contributed by atoms with E-state index in [0.717, 1.165) is 24.2 Å². The first-order valence-electron chi connectivity index (χ1n) is 8.68. The van der Waals surface area contributed by atoms with E-state index in [2.05, 4.69) is 19.9 Å². The first-order chi connectivity index (χ1) is 9.28. The third kappa shape index (κ3) is 3.74. The molecule has 108 valence electrons. The summed E-state index contributed by atoms with van der Waals surface area (Å²) in [7, 11) is 0. The lowest BCUT2D eigenvalue weighted by Crippen LogP contribution is -2.33. The van der Waals surface area contributed by atoms with Gasteiger partial charge in [0, 0.05) is 5.92 Å². The van der Waals surface area contributed by atoms with Crippen LogP contribution < -0.4 is 0 Å². The summed E-state index contributed by atoms with van der Waals surface area (Å²) in [5.41, 5.74) is 0. The van der Waals surface area contributed by atoms with Gasteiger partial charge < -0.3 is 0 Å². The van der Waals surface area contributed by atoms with Gasteiger partial charge >= 0.3 is 0 Å². The van der Waals surface area contributed by atoms with Gasteiger partial charge in [0.15, 0.2) is 0 Å². The Hall–Kier alpha value is -0.510. The standard InChI is InChI=1S/C18H31N/c1-3-5-14-7-8-16-12-17(10-9-15(16)11-14)18(13-19)6-4-2/h14-18H,3-12H2,1-2H3/t14-,15-,16-,17+,18?/m0/s1. The van der Waals surface area contributed by atoms with Crippen molar-refractivity contribution in [2.75, 3.05) is 0 Å². The molecule has 2 aliphatic carbocycles. The van der Waals surface area contributed by atoms with Gasteiger partial charge in [-0.25, -0.2) is 0 Å². The Morgan fingerprint density at radius 2 is 1.74 bits per heavy atom. The maximum Gasteiger partial charge on any atom is 0.0658 e. The fraction of sp³-hybridized carbons (Fsp3) is 0.944. The number of hydrogen-bond donors (Lipinski definition) is 0. The van der Waals surface area contributed by atoms with Crippen LogP contribution in [0.2, 0.25) is 0 Å². The Morgan fingerprint density at radius 1 is 1.00 bits per heavy atom. The summed E-state index contributed by atoms with van der Waals surface area (Å²) < 4.78 is 0. The molecule has 1 nitrogen and oxygen atoms in total. The molecule has 2 fully saturated rings. The van der Waals surface area contributed by atoms with Crippen LogP contribution in [0.3, 0.4) is 0 Å². The van der Waals surface area contributed by atoms with Crippen LogP contribution in [-0.4, -0.2) is 0 Å². The Morgan fingerprint density at radius 3 is 2.42 bits per heavy atom. The van der Waals surface area contributed by atoms with Gasteiger partial charge in [-0.3, -0.25) is 0 Å². The van der Waals surface area contributed by atoms with Crippen molar-refractivity contribution in [1.82, 2.24) is 0 Å². The molecule has 0 aromatic heterocycles.